The molecule has 0 spiro atoms. The molecule has 0 atom stereocenters. The minimum Gasteiger partial charge on any atom is -0.436 e. The van der Waals surface area contributed by atoms with Gasteiger partial charge in [0.1, 0.15) is 12.4 Å². The maximum absolute atomic E-state index is 13.7. The zero-order chi connectivity index (χ0) is 15.4. The third-order valence-corrected chi connectivity index (χ3v) is 2.38. The number of ether oxygens (including phenoxy) is 2. The SMILES string of the molecule is COCc1nc(N)cc(Oc2ccc([N+](=O)[O-])cc2F)n1. The van der Waals surface area contributed by atoms with Crippen LogP contribution >= 0.6 is 0 Å². The Kier molecular flexibility index (Phi) is 4.24. The van der Waals surface area contributed by atoms with Crippen molar-refractivity contribution < 1.29 is 18.8 Å². The molecule has 0 radical (unpaired) electrons. The maximum atomic E-state index is 13.7. The number of non-ortho nitro benzene ring substituents is 1. The smallest absolute Gasteiger partial charge is 0.272 e. The average molecular weight is 294 g/mol. The standard InChI is InChI=1S/C12H11FN4O4/c1-20-6-11-15-10(14)5-12(16-11)21-9-3-2-7(17(18)19)4-8(9)13/h2-5H,6H2,1H3,(H2,14,15,16). The van der Waals surface area contributed by atoms with Crippen LogP contribution in [0.3, 0.4) is 0 Å². The molecule has 110 valence electrons. The number of nitrogens with two attached hydrogens (primary N) is 1. The zero-order valence-electron chi connectivity index (χ0n) is 10.9. The van der Waals surface area contributed by atoms with Gasteiger partial charge in [0.15, 0.2) is 17.4 Å². The molecule has 0 aliphatic carbocycles. The van der Waals surface area contributed by atoms with Gasteiger partial charge >= 0.3 is 0 Å². The Labute approximate surface area is 118 Å². The predicted molar refractivity (Wildman–Crippen MR) is 70.3 cm³/mol. The van der Waals surface area contributed by atoms with E-state index in [1.54, 1.807) is 0 Å². The lowest BCUT2D eigenvalue weighted by Crippen LogP contribution is -2.03. The summed E-state index contributed by atoms with van der Waals surface area (Å²) in [5.41, 5.74) is 5.20. The van der Waals surface area contributed by atoms with Gasteiger partial charge in [0.2, 0.25) is 5.88 Å². The quantitative estimate of drug-likeness (QED) is 0.663. The van der Waals surface area contributed by atoms with E-state index in [0.29, 0.717) is 0 Å². The fourth-order valence-corrected chi connectivity index (χ4v) is 1.54. The van der Waals surface area contributed by atoms with Gasteiger partial charge in [-0.25, -0.2) is 9.37 Å². The van der Waals surface area contributed by atoms with E-state index in [2.05, 4.69) is 9.97 Å². The Morgan fingerprint density at radius 3 is 2.76 bits per heavy atom. The first kappa shape index (κ1) is 14.6. The van der Waals surface area contributed by atoms with Gasteiger partial charge in [-0.05, 0) is 6.07 Å². The summed E-state index contributed by atoms with van der Waals surface area (Å²) in [7, 11) is 1.46. The summed E-state index contributed by atoms with van der Waals surface area (Å²) in [6.07, 6.45) is 0. The lowest BCUT2D eigenvalue weighted by Gasteiger charge is -2.08. The molecule has 2 N–H and O–H groups in total. The molecule has 2 aromatic rings. The van der Waals surface area contributed by atoms with E-state index in [1.165, 1.54) is 13.2 Å². The molecule has 1 aromatic carbocycles. The number of nitrogen functional groups attached to an aromatic ring is 1. The molecule has 0 saturated carbocycles. The van der Waals surface area contributed by atoms with Crippen LogP contribution in [0.5, 0.6) is 11.6 Å². The maximum Gasteiger partial charge on any atom is 0.272 e. The molecule has 0 unspecified atom stereocenters. The molecule has 0 saturated heterocycles. The highest BCUT2D eigenvalue weighted by Crippen LogP contribution is 2.27. The minimum absolute atomic E-state index is 0.0160. The number of nitro benzene ring substituents is 1. The first-order valence-electron chi connectivity index (χ1n) is 5.73. The van der Waals surface area contributed by atoms with Gasteiger partial charge in [0.25, 0.3) is 5.69 Å². The zero-order valence-corrected chi connectivity index (χ0v) is 10.9. The van der Waals surface area contributed by atoms with Crippen LogP contribution in [0, 0.1) is 15.9 Å². The fraction of sp³-hybridized carbons (Fsp3) is 0.167. The number of aromatic nitrogens is 2. The van der Waals surface area contributed by atoms with Gasteiger partial charge < -0.3 is 15.2 Å². The van der Waals surface area contributed by atoms with Gasteiger partial charge in [-0.15, -0.1) is 0 Å². The Balaban J connectivity index is 2.27. The van der Waals surface area contributed by atoms with Crippen molar-refractivity contribution in [3.63, 3.8) is 0 Å². The van der Waals surface area contributed by atoms with Crippen LogP contribution in [-0.4, -0.2) is 22.0 Å². The van der Waals surface area contributed by atoms with Crippen LogP contribution in [0.4, 0.5) is 15.9 Å². The molecule has 21 heavy (non-hydrogen) atoms. The lowest BCUT2D eigenvalue weighted by molar-refractivity contribution is -0.385. The van der Waals surface area contributed by atoms with Crippen molar-refractivity contribution in [3.05, 3.63) is 46.0 Å². The minimum atomic E-state index is -0.880. The number of nitrogens with zero attached hydrogens (tertiary/aromatic N) is 3. The molecule has 9 heteroatoms. The first-order valence-corrected chi connectivity index (χ1v) is 5.73. The van der Waals surface area contributed by atoms with Gasteiger partial charge in [0, 0.05) is 19.2 Å². The average Bonchev–Trinajstić information content (AvgIpc) is 2.40. The van der Waals surface area contributed by atoms with E-state index in [0.717, 1.165) is 18.2 Å². The molecule has 2 rings (SSSR count). The van der Waals surface area contributed by atoms with Crippen molar-refractivity contribution in [2.45, 2.75) is 6.61 Å². The molecule has 1 heterocycles. The summed E-state index contributed by atoms with van der Waals surface area (Å²) >= 11 is 0. The van der Waals surface area contributed by atoms with Crippen LogP contribution in [0.25, 0.3) is 0 Å². The number of nitro groups is 1. The summed E-state index contributed by atoms with van der Waals surface area (Å²) in [6, 6.07) is 4.33. The normalized spacial score (nSPS) is 10.4. The van der Waals surface area contributed by atoms with Crippen LogP contribution in [0.15, 0.2) is 24.3 Å². The highest BCUT2D eigenvalue weighted by atomic mass is 19.1. The van der Waals surface area contributed by atoms with E-state index in [1.807, 2.05) is 0 Å². The van der Waals surface area contributed by atoms with Crippen LogP contribution in [0.1, 0.15) is 5.82 Å². The Morgan fingerprint density at radius 1 is 1.38 bits per heavy atom. The summed E-state index contributed by atoms with van der Waals surface area (Å²) in [5, 5.41) is 10.5. The number of anilines is 1. The fourth-order valence-electron chi connectivity index (χ4n) is 1.54. The molecule has 0 bridgehead atoms. The monoisotopic (exact) mass is 294 g/mol. The van der Waals surface area contributed by atoms with Gasteiger partial charge in [-0.2, -0.15) is 4.98 Å². The van der Waals surface area contributed by atoms with Crippen LogP contribution < -0.4 is 10.5 Å². The summed E-state index contributed by atoms with van der Waals surface area (Å²) in [5.74, 6) is -0.664. The van der Waals surface area contributed by atoms with Crippen molar-refractivity contribution in [3.8, 4) is 11.6 Å². The van der Waals surface area contributed by atoms with Crippen LogP contribution in [0.2, 0.25) is 0 Å². The second-order valence-corrected chi connectivity index (χ2v) is 3.95. The second-order valence-electron chi connectivity index (χ2n) is 3.95. The van der Waals surface area contributed by atoms with E-state index in [4.69, 9.17) is 15.2 Å². The van der Waals surface area contributed by atoms with E-state index < -0.39 is 10.7 Å². The number of hydrogen-bond donors (Lipinski definition) is 1. The summed E-state index contributed by atoms with van der Waals surface area (Å²) in [6.45, 7) is 0.115. The molecule has 8 nitrogen and oxygen atoms in total. The number of hydrogen-bond acceptors (Lipinski definition) is 7. The highest BCUT2D eigenvalue weighted by molar-refractivity contribution is 5.40. The lowest BCUT2D eigenvalue weighted by atomic mass is 10.3. The Hall–Kier alpha value is -2.81. The van der Waals surface area contributed by atoms with Crippen molar-refractivity contribution in [1.29, 1.82) is 0 Å². The van der Waals surface area contributed by atoms with E-state index in [9.17, 15) is 14.5 Å². The summed E-state index contributed by atoms with van der Waals surface area (Å²) in [4.78, 5) is 17.7. The largest absolute Gasteiger partial charge is 0.436 e. The third-order valence-electron chi connectivity index (χ3n) is 2.38. The van der Waals surface area contributed by atoms with E-state index >= 15 is 0 Å². The molecule has 0 amide bonds. The van der Waals surface area contributed by atoms with Crippen molar-refractivity contribution >= 4 is 11.5 Å². The number of benzene rings is 1. The Morgan fingerprint density at radius 2 is 2.14 bits per heavy atom. The van der Waals surface area contributed by atoms with Gasteiger partial charge in [-0.3, -0.25) is 10.1 Å². The molecule has 0 aliphatic rings. The number of rotatable bonds is 5. The van der Waals surface area contributed by atoms with Crippen LogP contribution in [-0.2, 0) is 11.3 Å². The Bertz CT molecular complexity index is 680. The predicted octanol–water partition coefficient (Wildman–Crippen LogP) is 2.04. The van der Waals surface area contributed by atoms with Crippen molar-refractivity contribution in [2.24, 2.45) is 0 Å². The number of methoxy groups -OCH3 is 1. The van der Waals surface area contributed by atoms with Gasteiger partial charge in [-0.1, -0.05) is 0 Å². The first-order chi connectivity index (χ1) is 9.99. The summed E-state index contributed by atoms with van der Waals surface area (Å²) < 4.78 is 23.8. The third kappa shape index (κ3) is 3.60. The molecular weight excluding hydrogens is 283 g/mol. The van der Waals surface area contributed by atoms with Crippen molar-refractivity contribution in [1.82, 2.24) is 9.97 Å². The second kappa shape index (κ2) is 6.09. The highest BCUT2D eigenvalue weighted by Gasteiger charge is 2.13. The molecule has 1 aromatic heterocycles. The number of halogens is 1. The van der Waals surface area contributed by atoms with Crippen molar-refractivity contribution in [2.75, 3.05) is 12.8 Å². The molecular formula is C12H11FN4O4. The van der Waals surface area contributed by atoms with Gasteiger partial charge in [0.05, 0.1) is 11.0 Å². The van der Waals surface area contributed by atoms with E-state index in [-0.39, 0.29) is 35.6 Å². The molecule has 0 fully saturated rings. The molecule has 0 aliphatic heterocycles. The topological polar surface area (TPSA) is 113 Å².